The highest BCUT2D eigenvalue weighted by molar-refractivity contribution is 6.69. The standard InChI is InChI=1S/C12H24O2Si/c1-11(14-15(2,3)4)10-13-12-8-6-5-7-9-12/h8,11H,5-7,9-10H2,1-4H3. The van der Waals surface area contributed by atoms with Gasteiger partial charge in [-0.3, -0.25) is 0 Å². The van der Waals surface area contributed by atoms with Crippen LogP contribution in [0.3, 0.4) is 0 Å². The van der Waals surface area contributed by atoms with Crippen molar-refractivity contribution in [3.8, 4) is 0 Å². The number of hydrogen-bond donors (Lipinski definition) is 0. The van der Waals surface area contributed by atoms with Crippen molar-refractivity contribution in [2.75, 3.05) is 6.61 Å². The summed E-state index contributed by atoms with van der Waals surface area (Å²) in [6, 6.07) is 0. The molecule has 0 aromatic carbocycles. The van der Waals surface area contributed by atoms with Gasteiger partial charge >= 0.3 is 0 Å². The zero-order chi connectivity index (χ0) is 11.3. The molecule has 0 heterocycles. The van der Waals surface area contributed by atoms with E-state index < -0.39 is 8.32 Å². The Bertz CT molecular complexity index is 218. The maximum absolute atomic E-state index is 5.92. The lowest BCUT2D eigenvalue weighted by atomic mass is 10.1. The summed E-state index contributed by atoms with van der Waals surface area (Å²) < 4.78 is 11.7. The van der Waals surface area contributed by atoms with E-state index >= 15 is 0 Å². The van der Waals surface area contributed by atoms with Crippen LogP contribution in [0.1, 0.15) is 32.6 Å². The molecule has 15 heavy (non-hydrogen) atoms. The lowest BCUT2D eigenvalue weighted by Gasteiger charge is -2.24. The van der Waals surface area contributed by atoms with Gasteiger partial charge in [0.15, 0.2) is 8.32 Å². The van der Waals surface area contributed by atoms with Gasteiger partial charge in [-0.05, 0) is 51.9 Å². The fourth-order valence-corrected chi connectivity index (χ4v) is 3.08. The normalized spacial score (nSPS) is 19.6. The molecule has 0 aliphatic heterocycles. The van der Waals surface area contributed by atoms with Crippen LogP contribution in [0, 0.1) is 0 Å². The molecule has 0 spiro atoms. The van der Waals surface area contributed by atoms with Crippen molar-refractivity contribution in [2.45, 2.75) is 58.4 Å². The third kappa shape index (κ3) is 6.00. The monoisotopic (exact) mass is 228 g/mol. The minimum atomic E-state index is -1.41. The summed E-state index contributed by atoms with van der Waals surface area (Å²) in [5, 5.41) is 0. The van der Waals surface area contributed by atoms with Gasteiger partial charge < -0.3 is 9.16 Å². The van der Waals surface area contributed by atoms with Crippen LogP contribution < -0.4 is 0 Å². The van der Waals surface area contributed by atoms with Crippen LogP contribution in [0.15, 0.2) is 11.8 Å². The van der Waals surface area contributed by atoms with Gasteiger partial charge in [-0.2, -0.15) is 0 Å². The first-order valence-electron chi connectivity index (χ1n) is 5.97. The molecule has 1 aliphatic rings. The van der Waals surface area contributed by atoms with Gasteiger partial charge in [-0.15, -0.1) is 0 Å². The van der Waals surface area contributed by atoms with E-state index in [1.807, 2.05) is 0 Å². The summed E-state index contributed by atoms with van der Waals surface area (Å²) in [5.74, 6) is 1.17. The molecule has 3 heteroatoms. The van der Waals surface area contributed by atoms with Crippen LogP contribution >= 0.6 is 0 Å². The molecule has 0 amide bonds. The largest absolute Gasteiger partial charge is 0.496 e. The number of ether oxygens (including phenoxy) is 1. The molecule has 2 nitrogen and oxygen atoms in total. The first-order valence-corrected chi connectivity index (χ1v) is 9.38. The average molecular weight is 228 g/mol. The van der Waals surface area contributed by atoms with E-state index in [1.54, 1.807) is 0 Å². The second kappa shape index (κ2) is 5.71. The predicted octanol–water partition coefficient (Wildman–Crippen LogP) is 3.70. The Balaban J connectivity index is 2.21. The molecular weight excluding hydrogens is 204 g/mol. The topological polar surface area (TPSA) is 18.5 Å². The van der Waals surface area contributed by atoms with E-state index in [1.165, 1.54) is 25.0 Å². The fraction of sp³-hybridized carbons (Fsp3) is 0.833. The Morgan fingerprint density at radius 2 is 2.07 bits per heavy atom. The Morgan fingerprint density at radius 1 is 1.33 bits per heavy atom. The number of allylic oxidation sites excluding steroid dienone is 2. The molecule has 1 unspecified atom stereocenters. The quantitative estimate of drug-likeness (QED) is 0.668. The van der Waals surface area contributed by atoms with Crippen LogP contribution in [-0.2, 0) is 9.16 Å². The molecule has 88 valence electrons. The molecule has 0 fully saturated rings. The molecule has 0 aromatic heterocycles. The molecule has 0 radical (unpaired) electrons. The SMILES string of the molecule is CC(COC1=CCCCC1)O[Si](C)(C)C. The van der Waals surface area contributed by atoms with Crippen LogP contribution in [-0.4, -0.2) is 21.0 Å². The zero-order valence-electron chi connectivity index (χ0n) is 10.5. The highest BCUT2D eigenvalue weighted by atomic mass is 28.4. The predicted molar refractivity (Wildman–Crippen MR) is 66.4 cm³/mol. The van der Waals surface area contributed by atoms with Crippen molar-refractivity contribution in [2.24, 2.45) is 0 Å². The third-order valence-electron chi connectivity index (χ3n) is 2.31. The number of hydrogen-bond acceptors (Lipinski definition) is 2. The van der Waals surface area contributed by atoms with Crippen molar-refractivity contribution in [1.82, 2.24) is 0 Å². The highest BCUT2D eigenvalue weighted by Gasteiger charge is 2.18. The fourth-order valence-electron chi connectivity index (χ4n) is 1.80. The molecule has 0 N–H and O–H groups in total. The summed E-state index contributed by atoms with van der Waals surface area (Å²) in [6.45, 7) is 9.44. The van der Waals surface area contributed by atoms with Crippen molar-refractivity contribution >= 4 is 8.32 Å². The molecule has 0 saturated heterocycles. The molecule has 1 aliphatic carbocycles. The smallest absolute Gasteiger partial charge is 0.184 e. The van der Waals surface area contributed by atoms with Crippen LogP contribution in [0.25, 0.3) is 0 Å². The van der Waals surface area contributed by atoms with E-state index in [0.29, 0.717) is 6.61 Å². The summed E-state index contributed by atoms with van der Waals surface area (Å²) in [6.07, 6.45) is 7.32. The minimum absolute atomic E-state index is 0.222. The lowest BCUT2D eigenvalue weighted by Crippen LogP contribution is -2.32. The van der Waals surface area contributed by atoms with Crippen LogP contribution in [0.5, 0.6) is 0 Å². The Morgan fingerprint density at radius 3 is 2.60 bits per heavy atom. The van der Waals surface area contributed by atoms with Crippen LogP contribution in [0.2, 0.25) is 19.6 Å². The van der Waals surface area contributed by atoms with Crippen molar-refractivity contribution in [3.63, 3.8) is 0 Å². The maximum atomic E-state index is 5.92. The summed E-state index contributed by atoms with van der Waals surface area (Å²) in [4.78, 5) is 0. The molecule has 1 atom stereocenters. The molecular formula is C12H24O2Si. The highest BCUT2D eigenvalue weighted by Crippen LogP contribution is 2.19. The van der Waals surface area contributed by atoms with Gasteiger partial charge in [-0.1, -0.05) is 0 Å². The van der Waals surface area contributed by atoms with E-state index in [0.717, 1.165) is 6.42 Å². The van der Waals surface area contributed by atoms with Gasteiger partial charge in [0.1, 0.15) is 6.61 Å². The lowest BCUT2D eigenvalue weighted by molar-refractivity contribution is 0.0892. The summed E-state index contributed by atoms with van der Waals surface area (Å²) in [5.41, 5.74) is 0. The molecule has 0 aromatic rings. The van der Waals surface area contributed by atoms with Crippen molar-refractivity contribution in [1.29, 1.82) is 0 Å². The second-order valence-electron chi connectivity index (χ2n) is 5.27. The van der Waals surface area contributed by atoms with Crippen molar-refractivity contribution in [3.05, 3.63) is 11.8 Å². The molecule has 0 saturated carbocycles. The summed E-state index contributed by atoms with van der Waals surface area (Å²) >= 11 is 0. The molecule has 1 rings (SSSR count). The van der Waals surface area contributed by atoms with Gasteiger partial charge in [0.05, 0.1) is 11.9 Å². The average Bonchev–Trinajstić information content (AvgIpc) is 2.14. The van der Waals surface area contributed by atoms with E-state index in [4.69, 9.17) is 9.16 Å². The van der Waals surface area contributed by atoms with Gasteiger partial charge in [0.25, 0.3) is 0 Å². The minimum Gasteiger partial charge on any atom is -0.496 e. The number of rotatable bonds is 5. The van der Waals surface area contributed by atoms with Crippen molar-refractivity contribution < 1.29 is 9.16 Å². The Labute approximate surface area is 94.8 Å². The zero-order valence-corrected chi connectivity index (χ0v) is 11.5. The van der Waals surface area contributed by atoms with Crippen LogP contribution in [0.4, 0.5) is 0 Å². The van der Waals surface area contributed by atoms with E-state index in [2.05, 4.69) is 32.6 Å². The Kier molecular flexibility index (Phi) is 4.86. The van der Waals surface area contributed by atoms with Gasteiger partial charge in [-0.25, -0.2) is 0 Å². The second-order valence-corrected chi connectivity index (χ2v) is 9.73. The van der Waals surface area contributed by atoms with Gasteiger partial charge in [0, 0.05) is 6.42 Å². The first-order chi connectivity index (χ1) is 6.97. The third-order valence-corrected chi connectivity index (χ3v) is 3.42. The van der Waals surface area contributed by atoms with Gasteiger partial charge in [0.2, 0.25) is 0 Å². The Hall–Kier alpha value is -0.283. The van der Waals surface area contributed by atoms with E-state index in [-0.39, 0.29) is 6.10 Å². The maximum Gasteiger partial charge on any atom is 0.184 e. The molecule has 0 bridgehead atoms. The first kappa shape index (κ1) is 12.8. The summed E-state index contributed by atoms with van der Waals surface area (Å²) in [7, 11) is -1.41. The van der Waals surface area contributed by atoms with E-state index in [9.17, 15) is 0 Å².